The summed E-state index contributed by atoms with van der Waals surface area (Å²) >= 11 is 6.05. The largest absolute Gasteiger partial charge is 0.312 e. The van der Waals surface area contributed by atoms with Gasteiger partial charge in [-0.3, -0.25) is 15.0 Å². The maximum absolute atomic E-state index is 12.1. The van der Waals surface area contributed by atoms with Gasteiger partial charge < -0.3 is 4.57 Å². The number of halogens is 1. The Balaban J connectivity index is 1.86. The lowest BCUT2D eigenvalue weighted by molar-refractivity contribution is 0.601. The van der Waals surface area contributed by atoms with E-state index in [0.29, 0.717) is 10.7 Å². The van der Waals surface area contributed by atoms with Gasteiger partial charge in [0.25, 0.3) is 0 Å². The quantitative estimate of drug-likeness (QED) is 0.421. The number of rotatable bonds is 3. The van der Waals surface area contributed by atoms with Gasteiger partial charge in [0.05, 0.1) is 33.3 Å². The molecule has 0 atom stereocenters. The Morgan fingerprint density at radius 1 is 0.969 bits per heavy atom. The molecule has 5 rings (SSSR count). The SMILES string of the molecule is Cn1c(=N)n(-c2cccc(S(C)(=O)=O)c2)c2c3cc(-c4ccc(Cl)cc4)ccc3ncc21. The van der Waals surface area contributed by atoms with Gasteiger partial charge in [-0.25, -0.2) is 8.42 Å². The summed E-state index contributed by atoms with van der Waals surface area (Å²) in [4.78, 5) is 4.80. The first-order valence-electron chi connectivity index (χ1n) is 9.85. The summed E-state index contributed by atoms with van der Waals surface area (Å²) in [6.07, 6.45) is 2.92. The van der Waals surface area contributed by atoms with Gasteiger partial charge in [0.15, 0.2) is 9.84 Å². The van der Waals surface area contributed by atoms with Crippen LogP contribution in [0.4, 0.5) is 0 Å². The van der Waals surface area contributed by atoms with Crippen molar-refractivity contribution in [3.05, 3.63) is 83.6 Å². The molecule has 0 aliphatic carbocycles. The number of imidazole rings is 1. The number of aryl methyl sites for hydroxylation is 1. The highest BCUT2D eigenvalue weighted by molar-refractivity contribution is 7.90. The first-order chi connectivity index (χ1) is 15.2. The van der Waals surface area contributed by atoms with Crippen LogP contribution >= 0.6 is 11.6 Å². The monoisotopic (exact) mass is 462 g/mol. The second kappa shape index (κ2) is 7.32. The molecule has 3 aromatic carbocycles. The third kappa shape index (κ3) is 3.30. The molecule has 1 N–H and O–H groups in total. The molecule has 0 fully saturated rings. The Bertz CT molecular complexity index is 1680. The zero-order valence-corrected chi connectivity index (χ0v) is 18.9. The first-order valence-corrected chi connectivity index (χ1v) is 12.1. The Labute approximate surface area is 189 Å². The average molecular weight is 463 g/mol. The molecule has 0 aliphatic rings. The lowest BCUT2D eigenvalue weighted by Gasteiger charge is -2.10. The second-order valence-electron chi connectivity index (χ2n) is 7.72. The number of benzene rings is 3. The molecule has 0 unspecified atom stereocenters. The summed E-state index contributed by atoms with van der Waals surface area (Å²) in [5, 5.41) is 10.3. The van der Waals surface area contributed by atoms with E-state index < -0.39 is 9.84 Å². The van der Waals surface area contributed by atoms with Crippen LogP contribution < -0.4 is 5.62 Å². The Morgan fingerprint density at radius 2 is 1.69 bits per heavy atom. The smallest absolute Gasteiger partial charge is 0.207 e. The molecule has 0 amide bonds. The summed E-state index contributed by atoms with van der Waals surface area (Å²) < 4.78 is 27.8. The molecular weight excluding hydrogens is 444 g/mol. The Hall–Kier alpha value is -3.42. The third-order valence-corrected chi connectivity index (χ3v) is 6.98. The fourth-order valence-electron chi connectivity index (χ4n) is 3.95. The van der Waals surface area contributed by atoms with Gasteiger partial charge in [-0.2, -0.15) is 0 Å². The topological polar surface area (TPSA) is 80.7 Å². The highest BCUT2D eigenvalue weighted by Gasteiger charge is 2.16. The molecule has 2 aromatic heterocycles. The number of pyridine rings is 1. The summed E-state index contributed by atoms with van der Waals surface area (Å²) in [6.45, 7) is 0. The third-order valence-electron chi connectivity index (χ3n) is 5.62. The van der Waals surface area contributed by atoms with E-state index in [-0.39, 0.29) is 10.5 Å². The average Bonchev–Trinajstić information content (AvgIpc) is 3.04. The van der Waals surface area contributed by atoms with E-state index >= 15 is 0 Å². The molecule has 0 spiro atoms. The fraction of sp³-hybridized carbons (Fsp3) is 0.0833. The van der Waals surface area contributed by atoms with Crippen molar-refractivity contribution in [2.75, 3.05) is 6.26 Å². The molecule has 2 heterocycles. The van der Waals surface area contributed by atoms with Crippen LogP contribution in [0.15, 0.2) is 77.8 Å². The van der Waals surface area contributed by atoms with Crippen LogP contribution in [0.25, 0.3) is 38.8 Å². The number of fused-ring (bicyclic) bond motifs is 3. The van der Waals surface area contributed by atoms with Gasteiger partial charge in [-0.1, -0.05) is 35.9 Å². The summed E-state index contributed by atoms with van der Waals surface area (Å²) in [5.74, 6) is 0. The molecule has 0 aliphatic heterocycles. The van der Waals surface area contributed by atoms with E-state index in [4.69, 9.17) is 17.0 Å². The molecule has 8 heteroatoms. The van der Waals surface area contributed by atoms with Crippen LogP contribution in [0, 0.1) is 5.41 Å². The van der Waals surface area contributed by atoms with E-state index in [1.807, 2.05) is 48.5 Å². The van der Waals surface area contributed by atoms with Gasteiger partial charge in [0.2, 0.25) is 5.62 Å². The molecule has 5 aromatic rings. The minimum Gasteiger partial charge on any atom is -0.312 e. The number of hydrogen-bond donors (Lipinski definition) is 1. The van der Waals surface area contributed by atoms with E-state index in [0.717, 1.165) is 33.1 Å². The van der Waals surface area contributed by atoms with Crippen LogP contribution in [0.1, 0.15) is 0 Å². The predicted octanol–water partition coefficient (Wildman–Crippen LogP) is 4.72. The maximum Gasteiger partial charge on any atom is 0.207 e. The normalized spacial score (nSPS) is 12.0. The Kier molecular flexibility index (Phi) is 4.69. The van der Waals surface area contributed by atoms with Crippen molar-refractivity contribution in [3.63, 3.8) is 0 Å². The lowest BCUT2D eigenvalue weighted by Crippen LogP contribution is -2.21. The van der Waals surface area contributed by atoms with Gasteiger partial charge in [0.1, 0.15) is 0 Å². The highest BCUT2D eigenvalue weighted by atomic mass is 35.5. The standard InChI is InChI=1S/C24H19ClN4O2S/c1-28-22-14-27-21-11-8-16(15-6-9-17(25)10-7-15)12-20(21)23(22)29(24(28)26)18-4-3-5-19(13-18)32(2,30)31/h3-14,26H,1-2H3. The van der Waals surface area contributed by atoms with Gasteiger partial charge in [-0.05, 0) is 53.6 Å². The summed E-state index contributed by atoms with van der Waals surface area (Å²) in [6, 6.07) is 20.3. The van der Waals surface area contributed by atoms with Crippen molar-refractivity contribution in [2.45, 2.75) is 4.90 Å². The van der Waals surface area contributed by atoms with E-state index in [9.17, 15) is 8.42 Å². The van der Waals surface area contributed by atoms with E-state index in [1.165, 1.54) is 6.26 Å². The van der Waals surface area contributed by atoms with E-state index in [1.54, 1.807) is 40.6 Å². The molecular formula is C24H19ClN4O2S. The zero-order chi connectivity index (χ0) is 22.6. The zero-order valence-electron chi connectivity index (χ0n) is 17.4. The van der Waals surface area contributed by atoms with Crippen LogP contribution in [0.5, 0.6) is 0 Å². The lowest BCUT2D eigenvalue weighted by atomic mass is 10.0. The summed E-state index contributed by atoms with van der Waals surface area (Å²) in [5.41, 5.74) is 5.19. The highest BCUT2D eigenvalue weighted by Crippen LogP contribution is 2.30. The van der Waals surface area contributed by atoms with Crippen LogP contribution in [-0.2, 0) is 16.9 Å². The maximum atomic E-state index is 12.1. The summed E-state index contributed by atoms with van der Waals surface area (Å²) in [7, 11) is -1.58. The van der Waals surface area contributed by atoms with Crippen LogP contribution in [0.3, 0.4) is 0 Å². The number of sulfone groups is 1. The van der Waals surface area contributed by atoms with Crippen molar-refractivity contribution in [1.29, 1.82) is 5.41 Å². The Morgan fingerprint density at radius 3 is 2.41 bits per heavy atom. The number of nitrogens with zero attached hydrogens (tertiary/aromatic N) is 3. The molecule has 0 radical (unpaired) electrons. The number of hydrogen-bond acceptors (Lipinski definition) is 4. The van der Waals surface area contributed by atoms with Crippen molar-refractivity contribution >= 4 is 43.4 Å². The molecule has 0 saturated heterocycles. The van der Waals surface area contributed by atoms with Crippen LogP contribution in [-0.4, -0.2) is 28.8 Å². The molecule has 6 nitrogen and oxygen atoms in total. The second-order valence-corrected chi connectivity index (χ2v) is 10.2. The minimum absolute atomic E-state index is 0.208. The van der Waals surface area contributed by atoms with Crippen LogP contribution in [0.2, 0.25) is 5.02 Å². The fourth-order valence-corrected chi connectivity index (χ4v) is 4.73. The first kappa shape index (κ1) is 20.5. The number of aromatic nitrogens is 3. The van der Waals surface area contributed by atoms with Crippen molar-refractivity contribution in [1.82, 2.24) is 14.1 Å². The minimum atomic E-state index is -3.39. The number of nitrogens with one attached hydrogen (secondary N) is 1. The molecule has 0 saturated carbocycles. The van der Waals surface area contributed by atoms with E-state index in [2.05, 4.69) is 4.98 Å². The van der Waals surface area contributed by atoms with Gasteiger partial charge >= 0.3 is 0 Å². The predicted molar refractivity (Wildman–Crippen MR) is 127 cm³/mol. The molecule has 0 bridgehead atoms. The van der Waals surface area contributed by atoms with Crippen molar-refractivity contribution < 1.29 is 8.42 Å². The van der Waals surface area contributed by atoms with Gasteiger partial charge in [0, 0.05) is 23.7 Å². The molecule has 160 valence electrons. The van der Waals surface area contributed by atoms with Crippen molar-refractivity contribution in [2.24, 2.45) is 7.05 Å². The molecule has 32 heavy (non-hydrogen) atoms. The van der Waals surface area contributed by atoms with Crippen molar-refractivity contribution in [3.8, 4) is 16.8 Å². The van der Waals surface area contributed by atoms with Gasteiger partial charge in [-0.15, -0.1) is 0 Å².